The van der Waals surface area contributed by atoms with Gasteiger partial charge in [-0.1, -0.05) is 13.8 Å². The first kappa shape index (κ1) is 16.9. The highest BCUT2D eigenvalue weighted by Crippen LogP contribution is 2.21. The lowest BCUT2D eigenvalue weighted by Gasteiger charge is -2.37. The molecule has 0 spiro atoms. The van der Waals surface area contributed by atoms with Crippen LogP contribution in [0.25, 0.3) is 0 Å². The van der Waals surface area contributed by atoms with E-state index >= 15 is 0 Å². The highest BCUT2D eigenvalue weighted by Gasteiger charge is 2.35. The number of hydrogen-bond donors (Lipinski definition) is 1. The summed E-state index contributed by atoms with van der Waals surface area (Å²) in [6.45, 7) is 8.87. The van der Waals surface area contributed by atoms with Crippen molar-refractivity contribution in [2.24, 2.45) is 5.92 Å². The molecule has 0 saturated carbocycles. The zero-order valence-corrected chi connectivity index (χ0v) is 14.5. The van der Waals surface area contributed by atoms with Gasteiger partial charge in [0.1, 0.15) is 0 Å². The van der Waals surface area contributed by atoms with E-state index in [0.717, 1.165) is 12.1 Å². The Kier molecular flexibility index (Phi) is 4.90. The quantitative estimate of drug-likeness (QED) is 0.917. The molecule has 1 saturated heterocycles. The number of hydrogen-bond acceptors (Lipinski definition) is 3. The molecule has 5 nitrogen and oxygen atoms in total. The molecular formula is C16H24N2O3S. The van der Waals surface area contributed by atoms with Crippen molar-refractivity contribution in [1.29, 1.82) is 0 Å². The molecule has 1 atom stereocenters. The number of pyridine rings is 1. The Hall–Kier alpha value is -1.43. The molecule has 1 aliphatic heterocycles. The van der Waals surface area contributed by atoms with Gasteiger partial charge in [-0.05, 0) is 32.3 Å². The largest absolute Gasteiger partial charge is 0.336 e. The summed E-state index contributed by atoms with van der Waals surface area (Å²) in [6.07, 6.45) is 0.728. The number of aromatic nitrogens is 1. The first-order valence-corrected chi connectivity index (χ1v) is 8.92. The number of nitrogens with zero attached hydrogens (tertiary/aromatic N) is 1. The molecule has 0 bridgehead atoms. The maximum Gasteiger partial charge on any atom is 0.254 e. The summed E-state index contributed by atoms with van der Waals surface area (Å²) >= 11 is 0. The minimum absolute atomic E-state index is 0.152. The molecule has 122 valence electrons. The number of H-pyrrole nitrogens is 1. The van der Waals surface area contributed by atoms with E-state index in [-0.39, 0.29) is 11.5 Å². The molecule has 0 aliphatic carbocycles. The number of carbonyl (C=O) groups is 1. The van der Waals surface area contributed by atoms with Crippen LogP contribution in [-0.4, -0.2) is 43.6 Å². The van der Waals surface area contributed by atoms with Crippen molar-refractivity contribution in [3.05, 3.63) is 33.7 Å². The summed E-state index contributed by atoms with van der Waals surface area (Å²) in [6, 6.07) is 3.12. The Labute approximate surface area is 133 Å². The van der Waals surface area contributed by atoms with E-state index in [0.29, 0.717) is 30.3 Å². The van der Waals surface area contributed by atoms with Crippen LogP contribution in [0.4, 0.5) is 0 Å². The second-order valence-corrected chi connectivity index (χ2v) is 9.10. The third-order valence-corrected chi connectivity index (χ3v) is 5.71. The van der Waals surface area contributed by atoms with Crippen LogP contribution in [0.5, 0.6) is 0 Å². The summed E-state index contributed by atoms with van der Waals surface area (Å²) in [7, 11) is -0.923. The predicted molar refractivity (Wildman–Crippen MR) is 88.6 cm³/mol. The normalized spacial score (nSPS) is 21.1. The van der Waals surface area contributed by atoms with Gasteiger partial charge in [-0.2, -0.15) is 0 Å². The Balaban J connectivity index is 2.24. The molecule has 1 amide bonds. The minimum atomic E-state index is -0.923. The molecule has 1 fully saturated rings. The number of amides is 1. The van der Waals surface area contributed by atoms with Crippen molar-refractivity contribution in [3.63, 3.8) is 0 Å². The van der Waals surface area contributed by atoms with Gasteiger partial charge in [0.25, 0.3) is 5.91 Å². The maximum absolute atomic E-state index is 12.7. The number of aromatic amines is 1. The molecule has 1 aromatic heterocycles. The lowest BCUT2D eigenvalue weighted by atomic mass is 10.1. The third kappa shape index (κ3) is 3.85. The molecule has 0 aromatic carbocycles. The van der Waals surface area contributed by atoms with Crippen LogP contribution >= 0.6 is 0 Å². The van der Waals surface area contributed by atoms with E-state index in [9.17, 15) is 13.8 Å². The third-order valence-electron chi connectivity index (χ3n) is 3.80. The van der Waals surface area contributed by atoms with Gasteiger partial charge in [-0.15, -0.1) is 0 Å². The van der Waals surface area contributed by atoms with E-state index < -0.39 is 15.5 Å². The van der Waals surface area contributed by atoms with Crippen molar-refractivity contribution in [3.8, 4) is 0 Å². The molecule has 22 heavy (non-hydrogen) atoms. The smallest absolute Gasteiger partial charge is 0.254 e. The van der Waals surface area contributed by atoms with E-state index in [1.165, 1.54) is 6.07 Å². The van der Waals surface area contributed by atoms with Gasteiger partial charge in [0.15, 0.2) is 0 Å². The second-order valence-electron chi connectivity index (χ2n) is 6.89. The Morgan fingerprint density at radius 2 is 2.09 bits per heavy atom. The lowest BCUT2D eigenvalue weighted by molar-refractivity contribution is 0.0745. The molecule has 2 heterocycles. The molecule has 0 radical (unpaired) electrons. The summed E-state index contributed by atoms with van der Waals surface area (Å²) < 4.78 is 11.6. The maximum atomic E-state index is 12.7. The predicted octanol–water partition coefficient (Wildman–Crippen LogP) is 1.56. The van der Waals surface area contributed by atoms with Crippen LogP contribution < -0.4 is 5.56 Å². The first-order valence-electron chi connectivity index (χ1n) is 7.60. The van der Waals surface area contributed by atoms with E-state index in [2.05, 4.69) is 18.8 Å². The van der Waals surface area contributed by atoms with Crippen LogP contribution in [0.3, 0.4) is 0 Å². The summed E-state index contributed by atoms with van der Waals surface area (Å²) in [5.74, 6) is 0.735. The van der Waals surface area contributed by atoms with Crippen LogP contribution in [-0.2, 0) is 17.2 Å². The Morgan fingerprint density at radius 1 is 1.41 bits per heavy atom. The number of rotatable bonds is 3. The van der Waals surface area contributed by atoms with Gasteiger partial charge < -0.3 is 9.88 Å². The SMILES string of the molecule is CC(C)Cc1cc(C(=O)N2CC[S@](=O)C(C)(C)C2)cc(=O)[nH]1. The summed E-state index contributed by atoms with van der Waals surface area (Å²) in [5, 5.41) is 0. The van der Waals surface area contributed by atoms with Crippen LogP contribution in [0.1, 0.15) is 43.7 Å². The van der Waals surface area contributed by atoms with Crippen molar-refractivity contribution in [2.45, 2.75) is 38.9 Å². The fourth-order valence-electron chi connectivity index (χ4n) is 2.71. The van der Waals surface area contributed by atoms with Crippen molar-refractivity contribution in [2.75, 3.05) is 18.8 Å². The van der Waals surface area contributed by atoms with Crippen LogP contribution in [0.2, 0.25) is 0 Å². The molecule has 0 unspecified atom stereocenters. The van der Waals surface area contributed by atoms with Crippen LogP contribution in [0.15, 0.2) is 16.9 Å². The molecule has 6 heteroatoms. The minimum Gasteiger partial charge on any atom is -0.336 e. The molecule has 1 aromatic rings. The second kappa shape index (κ2) is 6.36. The van der Waals surface area contributed by atoms with Crippen LogP contribution in [0, 0.1) is 5.92 Å². The van der Waals surface area contributed by atoms with Gasteiger partial charge in [0, 0.05) is 47.0 Å². The van der Waals surface area contributed by atoms with Gasteiger partial charge in [-0.25, -0.2) is 0 Å². The monoisotopic (exact) mass is 324 g/mol. The highest BCUT2D eigenvalue weighted by molar-refractivity contribution is 7.86. The topological polar surface area (TPSA) is 70.2 Å². The zero-order valence-electron chi connectivity index (χ0n) is 13.6. The Morgan fingerprint density at radius 3 is 2.68 bits per heavy atom. The van der Waals surface area contributed by atoms with Gasteiger partial charge in [0.2, 0.25) is 5.56 Å². The summed E-state index contributed by atoms with van der Waals surface area (Å²) in [4.78, 5) is 28.9. The molecule has 1 N–H and O–H groups in total. The number of nitrogens with one attached hydrogen (secondary N) is 1. The molecule has 2 rings (SSSR count). The zero-order chi connectivity index (χ0) is 16.5. The van der Waals surface area contributed by atoms with Gasteiger partial charge in [-0.3, -0.25) is 13.8 Å². The Bertz CT molecular complexity index is 649. The van der Waals surface area contributed by atoms with E-state index in [4.69, 9.17) is 0 Å². The average molecular weight is 324 g/mol. The molecule has 1 aliphatic rings. The summed E-state index contributed by atoms with van der Waals surface area (Å²) in [5.41, 5.74) is 0.954. The van der Waals surface area contributed by atoms with E-state index in [1.807, 2.05) is 13.8 Å². The average Bonchev–Trinajstić information content (AvgIpc) is 2.39. The number of carbonyl (C=O) groups excluding carboxylic acids is 1. The van der Waals surface area contributed by atoms with Gasteiger partial charge in [0.05, 0.1) is 4.75 Å². The van der Waals surface area contributed by atoms with Crippen molar-refractivity contribution >= 4 is 16.7 Å². The van der Waals surface area contributed by atoms with Crippen molar-refractivity contribution < 1.29 is 9.00 Å². The fourth-order valence-corrected chi connectivity index (χ4v) is 3.95. The lowest BCUT2D eigenvalue weighted by Crippen LogP contribution is -2.52. The highest BCUT2D eigenvalue weighted by atomic mass is 32.2. The van der Waals surface area contributed by atoms with Crippen molar-refractivity contribution in [1.82, 2.24) is 9.88 Å². The molecular weight excluding hydrogens is 300 g/mol. The standard InChI is InChI=1S/C16H24N2O3S/c1-11(2)7-13-8-12(9-14(19)17-13)15(20)18-5-6-22(21)16(3,4)10-18/h8-9,11H,5-7,10H2,1-4H3,(H,17,19)/t22-/m0/s1. The van der Waals surface area contributed by atoms with Gasteiger partial charge >= 0.3 is 0 Å². The first-order chi connectivity index (χ1) is 10.2. The fraction of sp³-hybridized carbons (Fsp3) is 0.625. The van der Waals surface area contributed by atoms with E-state index in [1.54, 1.807) is 11.0 Å².